The van der Waals surface area contributed by atoms with E-state index in [1.54, 1.807) is 11.2 Å². The molecule has 20 heavy (non-hydrogen) atoms. The van der Waals surface area contributed by atoms with Crippen molar-refractivity contribution >= 4 is 10.0 Å². The highest BCUT2D eigenvalue weighted by Gasteiger charge is 2.27. The number of piperidine rings is 1. The van der Waals surface area contributed by atoms with Gasteiger partial charge in [-0.15, -0.1) is 0 Å². The average Bonchev–Trinajstić information content (AvgIpc) is 2.48. The molecule has 0 radical (unpaired) electrons. The van der Waals surface area contributed by atoms with E-state index in [2.05, 4.69) is 24.4 Å². The lowest BCUT2D eigenvalue weighted by Gasteiger charge is -2.33. The van der Waals surface area contributed by atoms with Gasteiger partial charge in [0.2, 0.25) is 10.0 Å². The molecule has 1 heterocycles. The van der Waals surface area contributed by atoms with Crippen molar-refractivity contribution in [2.45, 2.75) is 38.8 Å². The highest BCUT2D eigenvalue weighted by Crippen LogP contribution is 2.18. The predicted molar refractivity (Wildman–Crippen MR) is 82.0 cm³/mol. The number of hydrogen-bond acceptors (Lipinski definition) is 3. The average molecular weight is 296 g/mol. The van der Waals surface area contributed by atoms with Crippen LogP contribution in [0.5, 0.6) is 0 Å². The van der Waals surface area contributed by atoms with Crippen LogP contribution in [0.2, 0.25) is 0 Å². The maximum absolute atomic E-state index is 11.8. The van der Waals surface area contributed by atoms with Crippen LogP contribution in [0.15, 0.2) is 30.3 Å². The minimum atomic E-state index is -3.02. The van der Waals surface area contributed by atoms with Gasteiger partial charge in [-0.2, -0.15) is 0 Å². The molecule has 2 rings (SSSR count). The Kier molecular flexibility index (Phi) is 5.18. The maximum atomic E-state index is 11.8. The van der Waals surface area contributed by atoms with Crippen molar-refractivity contribution in [3.63, 3.8) is 0 Å². The minimum absolute atomic E-state index is 0.200. The quantitative estimate of drug-likeness (QED) is 0.906. The van der Waals surface area contributed by atoms with Gasteiger partial charge in [0.15, 0.2) is 0 Å². The van der Waals surface area contributed by atoms with E-state index in [-0.39, 0.29) is 5.75 Å². The zero-order chi connectivity index (χ0) is 14.6. The fourth-order valence-corrected chi connectivity index (χ4v) is 3.81. The molecule has 1 saturated heterocycles. The molecule has 1 unspecified atom stereocenters. The molecule has 0 spiro atoms. The lowest BCUT2D eigenvalue weighted by Crippen LogP contribution is -2.45. The number of benzene rings is 1. The van der Waals surface area contributed by atoms with Crippen molar-refractivity contribution in [2.75, 3.05) is 18.8 Å². The molecule has 4 nitrogen and oxygen atoms in total. The zero-order valence-corrected chi connectivity index (χ0v) is 13.1. The van der Waals surface area contributed by atoms with Gasteiger partial charge < -0.3 is 5.32 Å². The first kappa shape index (κ1) is 15.5. The number of hydrogen-bond donors (Lipinski definition) is 1. The van der Waals surface area contributed by atoms with Crippen molar-refractivity contribution in [1.82, 2.24) is 9.62 Å². The molecular formula is C15H24N2O2S. The van der Waals surface area contributed by atoms with Crippen molar-refractivity contribution in [1.29, 1.82) is 0 Å². The van der Waals surface area contributed by atoms with Crippen molar-refractivity contribution in [3.05, 3.63) is 35.9 Å². The lowest BCUT2D eigenvalue weighted by molar-refractivity contribution is 0.277. The van der Waals surface area contributed by atoms with Gasteiger partial charge in [-0.25, -0.2) is 12.7 Å². The third-order valence-corrected chi connectivity index (χ3v) is 5.88. The summed E-state index contributed by atoms with van der Waals surface area (Å²) in [6.07, 6.45) is 1.77. The Morgan fingerprint density at radius 2 is 1.85 bits per heavy atom. The van der Waals surface area contributed by atoms with Crippen LogP contribution in [-0.2, 0) is 10.0 Å². The minimum Gasteiger partial charge on any atom is -0.307 e. The van der Waals surface area contributed by atoms with Crippen molar-refractivity contribution < 1.29 is 8.42 Å². The van der Waals surface area contributed by atoms with E-state index < -0.39 is 10.0 Å². The Morgan fingerprint density at radius 3 is 2.40 bits per heavy atom. The number of sulfonamides is 1. The summed E-state index contributed by atoms with van der Waals surface area (Å²) in [6.45, 7) is 5.13. The highest BCUT2D eigenvalue weighted by atomic mass is 32.2. The van der Waals surface area contributed by atoms with Crippen LogP contribution in [0.4, 0.5) is 0 Å². The van der Waals surface area contributed by atoms with Gasteiger partial charge >= 0.3 is 0 Å². The fraction of sp³-hybridized carbons (Fsp3) is 0.600. The van der Waals surface area contributed by atoms with E-state index in [1.807, 2.05) is 18.2 Å². The summed E-state index contributed by atoms with van der Waals surface area (Å²) in [5.41, 5.74) is 1.27. The van der Waals surface area contributed by atoms with Gasteiger partial charge in [0, 0.05) is 25.2 Å². The second-order valence-electron chi connectivity index (χ2n) is 5.37. The molecular weight excluding hydrogens is 272 g/mol. The third kappa shape index (κ3) is 3.81. The molecule has 1 aromatic rings. The van der Waals surface area contributed by atoms with Crippen LogP contribution < -0.4 is 5.32 Å². The largest absolute Gasteiger partial charge is 0.307 e. The van der Waals surface area contributed by atoms with Gasteiger partial charge in [0.25, 0.3) is 0 Å². The summed E-state index contributed by atoms with van der Waals surface area (Å²) in [6, 6.07) is 11.0. The summed E-state index contributed by atoms with van der Waals surface area (Å²) in [4.78, 5) is 0. The van der Waals surface area contributed by atoms with Crippen LogP contribution >= 0.6 is 0 Å². The van der Waals surface area contributed by atoms with E-state index in [0.29, 0.717) is 25.2 Å². The van der Waals surface area contributed by atoms with Crippen LogP contribution in [-0.4, -0.2) is 37.6 Å². The second-order valence-corrected chi connectivity index (χ2v) is 7.63. The Bertz CT molecular complexity index is 508. The number of nitrogens with zero attached hydrogens (tertiary/aromatic N) is 1. The van der Waals surface area contributed by atoms with E-state index in [1.165, 1.54) is 5.56 Å². The van der Waals surface area contributed by atoms with Crippen molar-refractivity contribution in [2.24, 2.45) is 0 Å². The third-order valence-electron chi connectivity index (χ3n) is 4.00. The molecule has 0 saturated carbocycles. The van der Waals surface area contributed by atoms with Crippen molar-refractivity contribution in [3.8, 4) is 0 Å². The Morgan fingerprint density at radius 1 is 1.25 bits per heavy atom. The van der Waals surface area contributed by atoms with Crippen LogP contribution in [0.1, 0.15) is 38.3 Å². The Labute approximate surface area is 122 Å². The van der Waals surface area contributed by atoms with Gasteiger partial charge in [-0.1, -0.05) is 30.3 Å². The Balaban J connectivity index is 1.86. The molecule has 5 heteroatoms. The van der Waals surface area contributed by atoms with E-state index in [0.717, 1.165) is 12.8 Å². The first-order chi connectivity index (χ1) is 9.53. The van der Waals surface area contributed by atoms with Crippen LogP contribution in [0.25, 0.3) is 0 Å². The molecule has 1 aliphatic rings. The SMILES string of the molecule is CCS(=O)(=O)N1CCC(NC(C)c2ccccc2)CC1. The first-order valence-corrected chi connectivity index (χ1v) is 8.92. The molecule has 0 bridgehead atoms. The van der Waals surface area contributed by atoms with Crippen LogP contribution in [0, 0.1) is 0 Å². The second kappa shape index (κ2) is 6.70. The molecule has 1 N–H and O–H groups in total. The van der Waals surface area contributed by atoms with Gasteiger partial charge in [0.1, 0.15) is 0 Å². The molecule has 0 aromatic heterocycles. The lowest BCUT2D eigenvalue weighted by atomic mass is 10.0. The highest BCUT2D eigenvalue weighted by molar-refractivity contribution is 7.89. The predicted octanol–water partition coefficient (Wildman–Crippen LogP) is 2.15. The molecule has 0 amide bonds. The number of rotatable bonds is 5. The van der Waals surface area contributed by atoms with E-state index in [9.17, 15) is 8.42 Å². The molecule has 1 atom stereocenters. The van der Waals surface area contributed by atoms with Gasteiger partial charge in [-0.3, -0.25) is 0 Å². The monoisotopic (exact) mass is 296 g/mol. The standard InChI is InChI=1S/C15H24N2O2S/c1-3-20(18,19)17-11-9-15(10-12-17)16-13(2)14-7-5-4-6-8-14/h4-8,13,15-16H,3,9-12H2,1-2H3. The van der Waals surface area contributed by atoms with E-state index in [4.69, 9.17) is 0 Å². The van der Waals surface area contributed by atoms with Gasteiger partial charge in [0.05, 0.1) is 5.75 Å². The summed E-state index contributed by atoms with van der Waals surface area (Å²) in [5, 5.41) is 3.60. The first-order valence-electron chi connectivity index (χ1n) is 7.31. The fourth-order valence-electron chi connectivity index (χ4n) is 2.67. The summed E-state index contributed by atoms with van der Waals surface area (Å²) in [5.74, 6) is 0.200. The smallest absolute Gasteiger partial charge is 0.213 e. The summed E-state index contributed by atoms with van der Waals surface area (Å²) in [7, 11) is -3.02. The molecule has 1 aliphatic heterocycles. The van der Waals surface area contributed by atoms with Crippen LogP contribution in [0.3, 0.4) is 0 Å². The normalized spacial score (nSPS) is 19.9. The number of nitrogens with one attached hydrogen (secondary N) is 1. The molecule has 1 aromatic carbocycles. The van der Waals surface area contributed by atoms with Gasteiger partial charge in [-0.05, 0) is 32.3 Å². The van der Waals surface area contributed by atoms with E-state index >= 15 is 0 Å². The zero-order valence-electron chi connectivity index (χ0n) is 12.2. The summed E-state index contributed by atoms with van der Waals surface area (Å²) >= 11 is 0. The molecule has 0 aliphatic carbocycles. The topological polar surface area (TPSA) is 49.4 Å². The summed E-state index contributed by atoms with van der Waals surface area (Å²) < 4.78 is 25.2. The Hall–Kier alpha value is -0.910. The molecule has 112 valence electrons. The molecule has 1 fully saturated rings. The maximum Gasteiger partial charge on any atom is 0.213 e.